The summed E-state index contributed by atoms with van der Waals surface area (Å²) in [4.78, 5) is 0. The van der Waals surface area contributed by atoms with Crippen LogP contribution in [-0.4, -0.2) is 6.10 Å². The van der Waals surface area contributed by atoms with E-state index in [4.69, 9.17) is 26.2 Å². The summed E-state index contributed by atoms with van der Waals surface area (Å²) in [6.45, 7) is 6.21. The monoisotopic (exact) mass is 381 g/mol. The average Bonchev–Trinajstić information content (AvgIpc) is 2.68. The van der Waals surface area contributed by atoms with E-state index >= 15 is 0 Å². The molecule has 4 N–H and O–H groups in total. The molecule has 0 heterocycles. The predicted molar refractivity (Wildman–Crippen MR) is 114 cm³/mol. The maximum absolute atomic E-state index is 8.61. The fourth-order valence-corrected chi connectivity index (χ4v) is 3.31. The van der Waals surface area contributed by atoms with Crippen molar-refractivity contribution in [1.82, 2.24) is 0 Å². The maximum Gasteiger partial charge on any atom is 0.286 e. The minimum absolute atomic E-state index is 0.0631. The lowest BCUT2D eigenvalue weighted by molar-refractivity contribution is 0.113. The Kier molecular flexibility index (Phi) is 8.01. The van der Waals surface area contributed by atoms with Gasteiger partial charge in [-0.05, 0) is 67.9 Å². The normalized spacial score (nSPS) is 18.4. The number of nitrogen functional groups attached to an aromatic ring is 2. The molecule has 0 unspecified atom stereocenters. The molecule has 0 atom stereocenters. The van der Waals surface area contributed by atoms with E-state index in [-0.39, 0.29) is 6.10 Å². The molecule has 0 amide bonds. The number of hydrogen-bond acceptors (Lipinski definition) is 5. The highest BCUT2D eigenvalue weighted by molar-refractivity contribution is 5.58. The first-order valence-electron chi connectivity index (χ1n) is 9.96. The lowest BCUT2D eigenvalue weighted by Gasteiger charge is -2.27. The van der Waals surface area contributed by atoms with Crippen LogP contribution < -0.4 is 16.2 Å². The molecule has 3 rings (SSSR count). The minimum atomic E-state index is 0.0631. The van der Waals surface area contributed by atoms with Gasteiger partial charge in [-0.25, -0.2) is 0 Å². The molecule has 0 spiro atoms. The molecule has 1 aliphatic carbocycles. The molecule has 5 nitrogen and oxygen atoms in total. The number of nitriles is 1. The van der Waals surface area contributed by atoms with Crippen molar-refractivity contribution in [3.8, 4) is 17.8 Å². The molecule has 2 aromatic rings. The first kappa shape index (κ1) is 21.4. The van der Waals surface area contributed by atoms with Crippen LogP contribution in [0.3, 0.4) is 0 Å². The van der Waals surface area contributed by atoms with Crippen molar-refractivity contribution in [2.45, 2.75) is 64.9 Å². The quantitative estimate of drug-likeness (QED) is 0.508. The SMILES string of the molecule is CCC.Cc1ccc(Oc2ccc(C3CCC(OC#N)CC3)cc2N)cc1N. The van der Waals surface area contributed by atoms with Crippen LogP contribution in [0.1, 0.15) is 63.0 Å². The molecule has 5 heteroatoms. The molecule has 1 saturated carbocycles. The molecule has 1 fully saturated rings. The third-order valence-corrected chi connectivity index (χ3v) is 4.88. The van der Waals surface area contributed by atoms with Crippen LogP contribution in [0.15, 0.2) is 36.4 Å². The lowest BCUT2D eigenvalue weighted by Crippen LogP contribution is -2.19. The molecule has 150 valence electrons. The Morgan fingerprint density at radius 2 is 1.68 bits per heavy atom. The van der Waals surface area contributed by atoms with E-state index in [2.05, 4.69) is 19.9 Å². The van der Waals surface area contributed by atoms with Crippen molar-refractivity contribution in [3.05, 3.63) is 47.5 Å². The number of nitrogens with zero attached hydrogens (tertiary/aromatic N) is 1. The Labute approximate surface area is 168 Å². The number of ether oxygens (including phenoxy) is 2. The largest absolute Gasteiger partial charge is 0.455 e. The van der Waals surface area contributed by atoms with Crippen LogP contribution in [0.25, 0.3) is 0 Å². The van der Waals surface area contributed by atoms with E-state index in [1.165, 1.54) is 12.0 Å². The van der Waals surface area contributed by atoms with Crippen molar-refractivity contribution in [2.24, 2.45) is 0 Å². The third-order valence-electron chi connectivity index (χ3n) is 4.88. The zero-order chi connectivity index (χ0) is 20.5. The van der Waals surface area contributed by atoms with Gasteiger partial charge in [0, 0.05) is 11.8 Å². The van der Waals surface area contributed by atoms with Crippen LogP contribution in [-0.2, 0) is 4.74 Å². The van der Waals surface area contributed by atoms with Gasteiger partial charge in [0.2, 0.25) is 0 Å². The number of anilines is 2. The molecular weight excluding hydrogens is 350 g/mol. The summed E-state index contributed by atoms with van der Waals surface area (Å²) >= 11 is 0. The van der Waals surface area contributed by atoms with Gasteiger partial charge >= 0.3 is 0 Å². The Balaban J connectivity index is 0.000000878. The third kappa shape index (κ3) is 5.82. The Hall–Kier alpha value is -2.87. The smallest absolute Gasteiger partial charge is 0.286 e. The fraction of sp³-hybridized carbons (Fsp3) is 0.435. The van der Waals surface area contributed by atoms with Gasteiger partial charge in [-0.1, -0.05) is 32.4 Å². The molecule has 0 aromatic heterocycles. The van der Waals surface area contributed by atoms with Gasteiger partial charge in [-0.3, -0.25) is 0 Å². The summed E-state index contributed by atoms with van der Waals surface area (Å²) in [5, 5.41) is 8.61. The summed E-state index contributed by atoms with van der Waals surface area (Å²) < 4.78 is 10.9. The van der Waals surface area contributed by atoms with E-state index in [1.54, 1.807) is 12.3 Å². The average molecular weight is 382 g/mol. The van der Waals surface area contributed by atoms with Gasteiger partial charge in [0.05, 0.1) is 5.69 Å². The van der Waals surface area contributed by atoms with Gasteiger partial charge in [0.25, 0.3) is 6.26 Å². The summed E-state index contributed by atoms with van der Waals surface area (Å²) in [6, 6.07) is 11.6. The second-order valence-electron chi connectivity index (χ2n) is 7.31. The van der Waals surface area contributed by atoms with Crippen molar-refractivity contribution in [1.29, 1.82) is 5.26 Å². The standard InChI is InChI=1S/C20H23N3O2.C3H8/c1-13-2-6-17(11-18(13)22)25-20-9-5-15(10-19(20)23)14-3-7-16(8-4-14)24-12-21;1-3-2/h2,5-6,9-11,14,16H,3-4,7-8,22-23H2,1H3;3H2,1-2H3. The van der Waals surface area contributed by atoms with E-state index in [9.17, 15) is 0 Å². The number of benzene rings is 2. The Morgan fingerprint density at radius 1 is 1.00 bits per heavy atom. The van der Waals surface area contributed by atoms with E-state index in [0.717, 1.165) is 31.2 Å². The van der Waals surface area contributed by atoms with Crippen LogP contribution in [0.2, 0.25) is 0 Å². The molecule has 0 aliphatic heterocycles. The van der Waals surface area contributed by atoms with Crippen molar-refractivity contribution in [3.63, 3.8) is 0 Å². The Bertz CT molecular complexity index is 806. The van der Waals surface area contributed by atoms with Gasteiger partial charge in [0.1, 0.15) is 17.6 Å². The minimum Gasteiger partial charge on any atom is -0.455 e. The molecule has 0 radical (unpaired) electrons. The zero-order valence-electron chi connectivity index (χ0n) is 17.1. The fourth-order valence-electron chi connectivity index (χ4n) is 3.31. The molecule has 0 bridgehead atoms. The summed E-state index contributed by atoms with van der Waals surface area (Å²) in [5.41, 5.74) is 15.7. The summed E-state index contributed by atoms with van der Waals surface area (Å²) in [6.07, 6.45) is 6.91. The van der Waals surface area contributed by atoms with Crippen LogP contribution in [0.5, 0.6) is 11.5 Å². The van der Waals surface area contributed by atoms with Crippen molar-refractivity contribution in [2.75, 3.05) is 11.5 Å². The van der Waals surface area contributed by atoms with Crippen molar-refractivity contribution >= 4 is 11.4 Å². The van der Waals surface area contributed by atoms with Crippen LogP contribution in [0, 0.1) is 18.4 Å². The second-order valence-corrected chi connectivity index (χ2v) is 7.31. The lowest BCUT2D eigenvalue weighted by atomic mass is 9.82. The molecule has 28 heavy (non-hydrogen) atoms. The number of hydrogen-bond donors (Lipinski definition) is 2. The summed E-state index contributed by atoms with van der Waals surface area (Å²) in [5.74, 6) is 1.76. The number of rotatable bonds is 4. The molecule has 0 saturated heterocycles. The number of aryl methyl sites for hydroxylation is 1. The first-order valence-corrected chi connectivity index (χ1v) is 9.96. The van der Waals surface area contributed by atoms with E-state index in [1.807, 2.05) is 31.2 Å². The highest BCUT2D eigenvalue weighted by Gasteiger charge is 2.24. The van der Waals surface area contributed by atoms with E-state index in [0.29, 0.717) is 28.8 Å². The van der Waals surface area contributed by atoms with Gasteiger partial charge in [0.15, 0.2) is 0 Å². The second kappa shape index (κ2) is 10.5. The predicted octanol–water partition coefficient (Wildman–Crippen LogP) is 5.89. The van der Waals surface area contributed by atoms with Gasteiger partial charge in [-0.2, -0.15) is 5.26 Å². The van der Waals surface area contributed by atoms with Crippen LogP contribution in [0.4, 0.5) is 11.4 Å². The van der Waals surface area contributed by atoms with Gasteiger partial charge < -0.3 is 20.9 Å². The van der Waals surface area contributed by atoms with E-state index < -0.39 is 0 Å². The topological polar surface area (TPSA) is 94.3 Å². The highest BCUT2D eigenvalue weighted by Crippen LogP contribution is 2.37. The number of nitrogens with two attached hydrogens (primary N) is 2. The Morgan fingerprint density at radius 3 is 2.25 bits per heavy atom. The summed E-state index contributed by atoms with van der Waals surface area (Å²) in [7, 11) is 0. The van der Waals surface area contributed by atoms with Crippen LogP contribution >= 0.6 is 0 Å². The molecular formula is C23H31N3O2. The maximum atomic E-state index is 8.61. The molecule has 2 aromatic carbocycles. The first-order chi connectivity index (χ1) is 13.5. The van der Waals surface area contributed by atoms with Crippen molar-refractivity contribution < 1.29 is 9.47 Å². The van der Waals surface area contributed by atoms with Gasteiger partial charge in [-0.15, -0.1) is 0 Å². The molecule has 1 aliphatic rings. The zero-order valence-corrected chi connectivity index (χ0v) is 17.1. The highest BCUT2D eigenvalue weighted by atomic mass is 16.5.